The van der Waals surface area contributed by atoms with Crippen molar-refractivity contribution in [3.8, 4) is 0 Å². The fraction of sp³-hybridized carbons (Fsp3) is 0.429. The maximum Gasteiger partial charge on any atom is 0.255 e. The number of rotatable bonds is 4. The van der Waals surface area contributed by atoms with Crippen LogP contribution in [0, 0.1) is 11.8 Å². The first-order chi connectivity index (χ1) is 16.4. The molecule has 6 heteroatoms. The van der Waals surface area contributed by atoms with E-state index in [1.807, 2.05) is 28.9 Å². The second kappa shape index (κ2) is 9.35. The topological polar surface area (TPSA) is 61.6 Å². The number of piperidine rings is 1. The van der Waals surface area contributed by atoms with Crippen molar-refractivity contribution in [1.29, 1.82) is 0 Å². The van der Waals surface area contributed by atoms with Crippen LogP contribution in [-0.2, 0) is 11.8 Å². The van der Waals surface area contributed by atoms with Gasteiger partial charge in [-0.2, -0.15) is 5.10 Å². The minimum Gasteiger partial charge on any atom is -0.395 e. The lowest BCUT2D eigenvalue weighted by Crippen LogP contribution is -2.37. The van der Waals surface area contributed by atoms with Gasteiger partial charge in [-0.3, -0.25) is 14.4 Å². The van der Waals surface area contributed by atoms with Crippen molar-refractivity contribution in [1.82, 2.24) is 19.6 Å². The summed E-state index contributed by atoms with van der Waals surface area (Å²) in [6.45, 7) is 7.25. The lowest BCUT2D eigenvalue weighted by atomic mass is 9.85. The number of fused-ring (bicyclic) bond motifs is 2. The predicted octanol–water partition coefficient (Wildman–Crippen LogP) is 4.26. The molecule has 0 aliphatic carbocycles. The van der Waals surface area contributed by atoms with Gasteiger partial charge in [0.2, 0.25) is 0 Å². The minimum atomic E-state index is 0.0155. The van der Waals surface area contributed by atoms with E-state index < -0.39 is 0 Å². The highest BCUT2D eigenvalue weighted by Crippen LogP contribution is 2.36. The van der Waals surface area contributed by atoms with Gasteiger partial charge >= 0.3 is 0 Å². The van der Waals surface area contributed by atoms with Crippen LogP contribution in [0.1, 0.15) is 38.7 Å². The Balaban J connectivity index is 1.44. The van der Waals surface area contributed by atoms with Gasteiger partial charge < -0.3 is 10.0 Å². The average Bonchev–Trinajstić information content (AvgIpc) is 3.21. The summed E-state index contributed by atoms with van der Waals surface area (Å²) in [6.07, 6.45) is 13.3. The second-order valence-corrected chi connectivity index (χ2v) is 9.87. The van der Waals surface area contributed by atoms with Crippen molar-refractivity contribution in [3.63, 3.8) is 0 Å². The first kappa shape index (κ1) is 22.8. The standard InChI is InChI=1S/C28H34N4O2/c1-19-4-6-26-20(2)14-24(21-8-10-31(11-9-21)12-13-33)18-32(26)28(34)16-25(19)22-5-7-27-23(15-22)17-29-30(27)3/h5-7,14-19,21,33H,4,8-13H2,1-3H3. The maximum atomic E-state index is 13.6. The number of hydrogen-bond acceptors (Lipinski definition) is 4. The van der Waals surface area contributed by atoms with E-state index in [9.17, 15) is 9.90 Å². The number of allylic oxidation sites excluding steroid dienone is 5. The molecular formula is C28H34N4O2. The van der Waals surface area contributed by atoms with Crippen LogP contribution in [0.15, 0.2) is 65.7 Å². The van der Waals surface area contributed by atoms with Crippen molar-refractivity contribution >= 4 is 22.4 Å². The quantitative estimate of drug-likeness (QED) is 0.744. The molecule has 1 aromatic heterocycles. The predicted molar refractivity (Wildman–Crippen MR) is 135 cm³/mol. The van der Waals surface area contributed by atoms with Crippen LogP contribution in [0.4, 0.5) is 0 Å². The van der Waals surface area contributed by atoms with Crippen molar-refractivity contribution in [2.75, 3.05) is 26.2 Å². The van der Waals surface area contributed by atoms with E-state index in [2.05, 4.69) is 60.4 Å². The highest BCUT2D eigenvalue weighted by Gasteiger charge is 2.28. The van der Waals surface area contributed by atoms with Gasteiger partial charge in [-0.15, -0.1) is 0 Å². The summed E-state index contributed by atoms with van der Waals surface area (Å²) in [5, 5.41) is 14.7. The summed E-state index contributed by atoms with van der Waals surface area (Å²) in [6, 6.07) is 6.34. The van der Waals surface area contributed by atoms with E-state index in [1.54, 1.807) is 0 Å². The summed E-state index contributed by atoms with van der Waals surface area (Å²) < 4.78 is 1.87. The van der Waals surface area contributed by atoms with E-state index in [4.69, 9.17) is 0 Å². The molecule has 3 aliphatic rings. The Morgan fingerprint density at radius 3 is 2.74 bits per heavy atom. The molecule has 0 bridgehead atoms. The Labute approximate surface area is 201 Å². The van der Waals surface area contributed by atoms with Crippen LogP contribution in [0.2, 0.25) is 0 Å². The third kappa shape index (κ3) is 4.28. The number of carbonyl (C=O) groups is 1. The van der Waals surface area contributed by atoms with Gasteiger partial charge in [0.1, 0.15) is 0 Å². The van der Waals surface area contributed by atoms with Gasteiger partial charge in [0.15, 0.2) is 0 Å². The highest BCUT2D eigenvalue weighted by atomic mass is 16.3. The van der Waals surface area contributed by atoms with Gasteiger partial charge in [-0.25, -0.2) is 0 Å². The number of nitrogens with zero attached hydrogens (tertiary/aromatic N) is 4. The number of β-amino-alcohol motifs (C(OH)–C–C–N with tert-alkyl or cyclic N) is 1. The molecule has 1 N–H and O–H groups in total. The van der Waals surface area contributed by atoms with E-state index in [0.29, 0.717) is 5.92 Å². The van der Waals surface area contributed by atoms with Crippen molar-refractivity contribution in [3.05, 3.63) is 71.2 Å². The lowest BCUT2D eigenvalue weighted by molar-refractivity contribution is -0.122. The smallest absolute Gasteiger partial charge is 0.255 e. The number of aliphatic hydroxyl groups excluding tert-OH is 1. The molecule has 1 amide bonds. The molecule has 0 radical (unpaired) electrons. The molecule has 0 saturated carbocycles. The fourth-order valence-electron chi connectivity index (χ4n) is 5.54. The molecule has 1 aromatic carbocycles. The number of likely N-dealkylation sites (tertiary alicyclic amines) is 1. The van der Waals surface area contributed by atoms with Gasteiger partial charge in [-0.05, 0) is 85.5 Å². The zero-order chi connectivity index (χ0) is 23.8. The first-order valence-electron chi connectivity index (χ1n) is 12.3. The third-order valence-corrected chi connectivity index (χ3v) is 7.59. The van der Waals surface area contributed by atoms with Gasteiger partial charge in [-0.1, -0.05) is 25.1 Å². The summed E-state index contributed by atoms with van der Waals surface area (Å²) in [5.74, 6) is 0.698. The van der Waals surface area contributed by atoms with Crippen LogP contribution in [0.25, 0.3) is 16.5 Å². The Kier molecular flexibility index (Phi) is 6.28. The lowest BCUT2D eigenvalue weighted by Gasteiger charge is -2.35. The Hall–Kier alpha value is -2.96. The number of carbonyl (C=O) groups excluding carboxylic acids is 1. The average molecular weight is 459 g/mol. The van der Waals surface area contributed by atoms with Gasteiger partial charge in [0.25, 0.3) is 5.91 Å². The second-order valence-electron chi connectivity index (χ2n) is 9.87. The highest BCUT2D eigenvalue weighted by molar-refractivity contribution is 5.99. The molecule has 4 heterocycles. The molecule has 3 aliphatic heterocycles. The van der Waals surface area contributed by atoms with Crippen LogP contribution < -0.4 is 0 Å². The molecule has 0 spiro atoms. The third-order valence-electron chi connectivity index (χ3n) is 7.59. The molecule has 34 heavy (non-hydrogen) atoms. The van der Waals surface area contributed by atoms with E-state index in [0.717, 1.165) is 72.2 Å². The molecule has 178 valence electrons. The minimum absolute atomic E-state index is 0.0155. The summed E-state index contributed by atoms with van der Waals surface area (Å²) in [5.41, 5.74) is 6.66. The molecule has 6 nitrogen and oxygen atoms in total. The normalized spacial score (nSPS) is 22.5. The van der Waals surface area contributed by atoms with E-state index in [1.165, 1.54) is 5.57 Å². The van der Waals surface area contributed by atoms with Crippen molar-refractivity contribution in [2.45, 2.75) is 33.1 Å². The van der Waals surface area contributed by atoms with Crippen LogP contribution in [0.3, 0.4) is 0 Å². The van der Waals surface area contributed by atoms with Gasteiger partial charge in [0, 0.05) is 37.0 Å². The molecule has 1 fully saturated rings. The van der Waals surface area contributed by atoms with Crippen LogP contribution >= 0.6 is 0 Å². The summed E-state index contributed by atoms with van der Waals surface area (Å²) in [4.78, 5) is 17.8. The number of hydrogen-bond donors (Lipinski definition) is 1. The largest absolute Gasteiger partial charge is 0.395 e. The molecular weight excluding hydrogens is 424 g/mol. The Morgan fingerprint density at radius 2 is 1.97 bits per heavy atom. The zero-order valence-corrected chi connectivity index (χ0v) is 20.4. The number of aromatic nitrogens is 2. The SMILES string of the molecule is CC1=CC(C2CCN(CCO)CC2)=CN2C(=O)C=C(c3ccc4c(cnn4C)c3)C(C)CC=C12. The number of aryl methyl sites for hydroxylation is 1. The zero-order valence-electron chi connectivity index (χ0n) is 20.4. The summed E-state index contributed by atoms with van der Waals surface area (Å²) >= 11 is 0. The number of amides is 1. The van der Waals surface area contributed by atoms with E-state index in [-0.39, 0.29) is 18.4 Å². The fourth-order valence-corrected chi connectivity index (χ4v) is 5.54. The number of aliphatic hydroxyl groups is 1. The molecule has 2 aromatic rings. The molecule has 1 saturated heterocycles. The maximum absolute atomic E-state index is 13.6. The van der Waals surface area contributed by atoms with E-state index >= 15 is 0 Å². The number of benzene rings is 1. The first-order valence-corrected chi connectivity index (χ1v) is 12.3. The van der Waals surface area contributed by atoms with Crippen molar-refractivity contribution < 1.29 is 9.90 Å². The Bertz CT molecular complexity index is 1220. The summed E-state index contributed by atoms with van der Waals surface area (Å²) in [7, 11) is 1.95. The molecule has 5 rings (SSSR count). The van der Waals surface area contributed by atoms with Crippen molar-refractivity contribution in [2.24, 2.45) is 18.9 Å². The molecule has 1 unspecified atom stereocenters. The Morgan fingerprint density at radius 1 is 1.18 bits per heavy atom. The van der Waals surface area contributed by atoms with Crippen LogP contribution in [0.5, 0.6) is 0 Å². The van der Waals surface area contributed by atoms with Gasteiger partial charge in [0.05, 0.1) is 18.3 Å². The molecule has 1 atom stereocenters. The van der Waals surface area contributed by atoms with Crippen LogP contribution in [-0.4, -0.2) is 56.8 Å². The monoisotopic (exact) mass is 458 g/mol.